The van der Waals surface area contributed by atoms with Crippen molar-refractivity contribution in [2.75, 3.05) is 27.4 Å². The lowest BCUT2D eigenvalue weighted by atomic mass is 10.3. The van der Waals surface area contributed by atoms with Gasteiger partial charge in [-0.1, -0.05) is 0 Å². The van der Waals surface area contributed by atoms with E-state index < -0.39 is 5.97 Å². The van der Waals surface area contributed by atoms with Crippen LogP contribution in [0, 0.1) is 0 Å². The number of rotatable bonds is 6. The van der Waals surface area contributed by atoms with Crippen LogP contribution in [0.25, 0.3) is 0 Å². The third-order valence-corrected chi connectivity index (χ3v) is 1.90. The van der Waals surface area contributed by atoms with E-state index >= 15 is 0 Å². The fourth-order valence-corrected chi connectivity index (χ4v) is 1.11. The molecule has 5 nitrogen and oxygen atoms in total. The van der Waals surface area contributed by atoms with Crippen LogP contribution in [0.3, 0.4) is 0 Å². The maximum atomic E-state index is 11.2. The second-order valence-electron chi connectivity index (χ2n) is 3.07. The molecule has 16 heavy (non-hydrogen) atoms. The molecule has 0 spiro atoms. The minimum absolute atomic E-state index is 0.399. The van der Waals surface area contributed by atoms with Gasteiger partial charge in [0.15, 0.2) is 0 Å². The van der Waals surface area contributed by atoms with Crippen molar-refractivity contribution in [3.63, 3.8) is 0 Å². The van der Waals surface area contributed by atoms with E-state index in [1.54, 1.807) is 19.2 Å². The molecule has 0 saturated carbocycles. The Hall–Kier alpha value is -1.62. The van der Waals surface area contributed by atoms with Crippen LogP contribution in [0.1, 0.15) is 16.8 Å². The number of ether oxygens (including phenoxy) is 3. The van der Waals surface area contributed by atoms with Gasteiger partial charge in [0, 0.05) is 32.4 Å². The first-order valence-electron chi connectivity index (χ1n) is 4.94. The van der Waals surface area contributed by atoms with E-state index in [0.29, 0.717) is 24.7 Å². The van der Waals surface area contributed by atoms with Gasteiger partial charge in [-0.2, -0.15) is 0 Å². The molecule has 0 aliphatic rings. The van der Waals surface area contributed by atoms with Crippen LogP contribution in [-0.2, 0) is 9.47 Å². The van der Waals surface area contributed by atoms with Crippen LogP contribution in [-0.4, -0.2) is 38.4 Å². The second-order valence-corrected chi connectivity index (χ2v) is 3.07. The van der Waals surface area contributed by atoms with E-state index in [4.69, 9.17) is 9.47 Å². The molecule has 0 bridgehead atoms. The molecule has 0 unspecified atom stereocenters. The molecule has 0 saturated heterocycles. The third kappa shape index (κ3) is 3.86. The molecular formula is C11H15NO4. The van der Waals surface area contributed by atoms with Crippen molar-refractivity contribution in [2.45, 2.75) is 6.42 Å². The predicted octanol–water partition coefficient (Wildman–Crippen LogP) is 1.28. The number of hydrogen-bond donors (Lipinski definition) is 0. The standard InChI is InChI=1S/C11H15NO4/c1-14-6-3-7-16-10-8-9(4-5-12-10)11(13)15-2/h4-5,8H,3,6-7H2,1-2H3. The first-order valence-corrected chi connectivity index (χ1v) is 4.94. The van der Waals surface area contributed by atoms with Crippen molar-refractivity contribution in [3.8, 4) is 5.88 Å². The molecule has 0 radical (unpaired) electrons. The van der Waals surface area contributed by atoms with Crippen LogP contribution in [0.5, 0.6) is 5.88 Å². The summed E-state index contributed by atoms with van der Waals surface area (Å²) in [5.41, 5.74) is 0.430. The molecular weight excluding hydrogens is 210 g/mol. The van der Waals surface area contributed by atoms with Crippen LogP contribution >= 0.6 is 0 Å². The van der Waals surface area contributed by atoms with Crippen molar-refractivity contribution in [1.29, 1.82) is 0 Å². The Bertz CT molecular complexity index is 341. The largest absolute Gasteiger partial charge is 0.478 e. The van der Waals surface area contributed by atoms with Crippen LogP contribution in [0.15, 0.2) is 18.3 Å². The summed E-state index contributed by atoms with van der Waals surface area (Å²) in [4.78, 5) is 15.2. The number of carbonyl (C=O) groups excluding carboxylic acids is 1. The summed E-state index contributed by atoms with van der Waals surface area (Å²) in [6.45, 7) is 1.14. The zero-order chi connectivity index (χ0) is 11.8. The van der Waals surface area contributed by atoms with Gasteiger partial charge in [0.05, 0.1) is 19.3 Å². The lowest BCUT2D eigenvalue weighted by Crippen LogP contribution is -2.05. The smallest absolute Gasteiger partial charge is 0.338 e. The van der Waals surface area contributed by atoms with E-state index in [2.05, 4.69) is 9.72 Å². The SMILES string of the molecule is COCCCOc1cc(C(=O)OC)ccn1. The minimum Gasteiger partial charge on any atom is -0.478 e. The number of pyridine rings is 1. The van der Waals surface area contributed by atoms with Gasteiger partial charge in [0.2, 0.25) is 5.88 Å². The number of esters is 1. The van der Waals surface area contributed by atoms with Crippen molar-refractivity contribution in [3.05, 3.63) is 23.9 Å². The Morgan fingerprint density at radius 3 is 2.88 bits per heavy atom. The maximum absolute atomic E-state index is 11.2. The van der Waals surface area contributed by atoms with Crippen LogP contribution in [0.4, 0.5) is 0 Å². The van der Waals surface area contributed by atoms with E-state index in [1.807, 2.05) is 0 Å². The summed E-state index contributed by atoms with van der Waals surface area (Å²) in [5.74, 6) is 0.0168. The summed E-state index contributed by atoms with van der Waals surface area (Å²) >= 11 is 0. The zero-order valence-electron chi connectivity index (χ0n) is 9.43. The molecule has 0 amide bonds. The lowest BCUT2D eigenvalue weighted by Gasteiger charge is -2.05. The first-order chi connectivity index (χ1) is 7.77. The number of nitrogens with zero attached hydrogens (tertiary/aromatic N) is 1. The van der Waals surface area contributed by atoms with E-state index in [0.717, 1.165) is 6.42 Å². The molecule has 1 heterocycles. The lowest BCUT2D eigenvalue weighted by molar-refractivity contribution is 0.0600. The minimum atomic E-state index is -0.399. The number of hydrogen-bond acceptors (Lipinski definition) is 5. The van der Waals surface area contributed by atoms with Crippen molar-refractivity contribution >= 4 is 5.97 Å². The molecule has 88 valence electrons. The summed E-state index contributed by atoms with van der Waals surface area (Å²) in [6, 6.07) is 3.13. The highest BCUT2D eigenvalue weighted by Gasteiger charge is 2.06. The normalized spacial score (nSPS) is 9.88. The molecule has 1 aromatic rings. The average molecular weight is 225 g/mol. The van der Waals surface area contributed by atoms with E-state index in [-0.39, 0.29) is 0 Å². The Labute approximate surface area is 94.3 Å². The second kappa shape index (κ2) is 6.79. The van der Waals surface area contributed by atoms with Crippen LogP contribution in [0.2, 0.25) is 0 Å². The number of methoxy groups -OCH3 is 2. The Kier molecular flexibility index (Phi) is 5.28. The highest BCUT2D eigenvalue weighted by Crippen LogP contribution is 2.10. The van der Waals surface area contributed by atoms with E-state index in [1.165, 1.54) is 13.3 Å². The molecule has 0 N–H and O–H groups in total. The van der Waals surface area contributed by atoms with Gasteiger partial charge < -0.3 is 14.2 Å². The first kappa shape index (κ1) is 12.4. The van der Waals surface area contributed by atoms with Gasteiger partial charge in [0.1, 0.15) is 0 Å². The fourth-order valence-electron chi connectivity index (χ4n) is 1.11. The summed E-state index contributed by atoms with van der Waals surface area (Å²) in [6.07, 6.45) is 2.29. The van der Waals surface area contributed by atoms with Gasteiger partial charge in [-0.25, -0.2) is 9.78 Å². The van der Waals surface area contributed by atoms with Crippen molar-refractivity contribution in [1.82, 2.24) is 4.98 Å². The summed E-state index contributed by atoms with van der Waals surface area (Å²) in [7, 11) is 2.97. The summed E-state index contributed by atoms with van der Waals surface area (Å²) < 4.78 is 14.8. The molecule has 1 aromatic heterocycles. The predicted molar refractivity (Wildman–Crippen MR) is 57.6 cm³/mol. The molecule has 0 atom stereocenters. The topological polar surface area (TPSA) is 57.7 Å². The fraction of sp³-hybridized carbons (Fsp3) is 0.455. The van der Waals surface area contributed by atoms with Gasteiger partial charge in [-0.15, -0.1) is 0 Å². The molecule has 0 aliphatic carbocycles. The zero-order valence-corrected chi connectivity index (χ0v) is 9.43. The average Bonchev–Trinajstić information content (AvgIpc) is 2.34. The maximum Gasteiger partial charge on any atom is 0.338 e. The molecule has 0 aromatic carbocycles. The monoisotopic (exact) mass is 225 g/mol. The molecule has 1 rings (SSSR count). The third-order valence-electron chi connectivity index (χ3n) is 1.90. The molecule has 5 heteroatoms. The van der Waals surface area contributed by atoms with Crippen molar-refractivity contribution < 1.29 is 19.0 Å². The number of aromatic nitrogens is 1. The Morgan fingerprint density at radius 2 is 2.19 bits per heavy atom. The van der Waals surface area contributed by atoms with Gasteiger partial charge in [0.25, 0.3) is 0 Å². The highest BCUT2D eigenvalue weighted by molar-refractivity contribution is 5.89. The van der Waals surface area contributed by atoms with Gasteiger partial charge in [-0.3, -0.25) is 0 Å². The van der Waals surface area contributed by atoms with Crippen LogP contribution < -0.4 is 4.74 Å². The quantitative estimate of drug-likeness (QED) is 0.539. The highest BCUT2D eigenvalue weighted by atomic mass is 16.5. The van der Waals surface area contributed by atoms with Gasteiger partial charge in [-0.05, 0) is 6.07 Å². The van der Waals surface area contributed by atoms with E-state index in [9.17, 15) is 4.79 Å². The number of carbonyl (C=O) groups is 1. The van der Waals surface area contributed by atoms with Crippen molar-refractivity contribution in [2.24, 2.45) is 0 Å². The van der Waals surface area contributed by atoms with Gasteiger partial charge >= 0.3 is 5.97 Å². The Balaban J connectivity index is 2.50. The molecule has 0 aliphatic heterocycles. The summed E-state index contributed by atoms with van der Waals surface area (Å²) in [5, 5.41) is 0. The Morgan fingerprint density at radius 1 is 1.38 bits per heavy atom. The molecule has 0 fully saturated rings.